The quantitative estimate of drug-likeness (QED) is 0.472. The van der Waals surface area contributed by atoms with Gasteiger partial charge in [-0.2, -0.15) is 17.6 Å². The van der Waals surface area contributed by atoms with Crippen LogP contribution in [0, 0.1) is 0 Å². The second-order valence-electron chi connectivity index (χ2n) is 2.19. The van der Waals surface area contributed by atoms with Gasteiger partial charge in [-0.3, -0.25) is 0 Å². The molecule has 0 saturated carbocycles. The Balaban J connectivity index is 4.95. The number of hydrogen-bond donors (Lipinski definition) is 0. The van der Waals surface area contributed by atoms with Gasteiger partial charge in [-0.05, 0) is 0 Å². The van der Waals surface area contributed by atoms with Gasteiger partial charge in [0.15, 0.2) is 0 Å². The molecule has 0 aromatic rings. The van der Waals surface area contributed by atoms with Crippen LogP contribution in [0.4, 0.5) is 26.3 Å². The van der Waals surface area contributed by atoms with E-state index < -0.39 is 17.9 Å². The highest BCUT2D eigenvalue weighted by Gasteiger charge is 2.69. The SMILES string of the molecule is BC(F)(F)C(F)(OC)C(F)(F)F. The van der Waals surface area contributed by atoms with Gasteiger partial charge in [0, 0.05) is 7.11 Å². The Morgan fingerprint density at radius 3 is 1.33 bits per heavy atom. The first-order valence-corrected chi connectivity index (χ1v) is 2.75. The van der Waals surface area contributed by atoms with Crippen LogP contribution in [0.25, 0.3) is 0 Å². The first kappa shape index (κ1) is 11.6. The molecule has 0 bridgehead atoms. The summed E-state index contributed by atoms with van der Waals surface area (Å²) >= 11 is 0. The van der Waals surface area contributed by atoms with Crippen molar-refractivity contribution >= 4 is 7.85 Å². The summed E-state index contributed by atoms with van der Waals surface area (Å²) in [7, 11) is 0.0227. The van der Waals surface area contributed by atoms with Gasteiger partial charge in [0.25, 0.3) is 5.82 Å². The van der Waals surface area contributed by atoms with Gasteiger partial charge in [0.05, 0.1) is 0 Å². The molecule has 0 aromatic carbocycles. The highest BCUT2D eigenvalue weighted by Crippen LogP contribution is 2.43. The van der Waals surface area contributed by atoms with Crippen LogP contribution >= 0.6 is 0 Å². The zero-order chi connectivity index (χ0) is 10.2. The van der Waals surface area contributed by atoms with Gasteiger partial charge < -0.3 is 4.74 Å². The molecular weight excluding hydrogens is 189 g/mol. The number of ether oxygens (including phenoxy) is 1. The van der Waals surface area contributed by atoms with E-state index >= 15 is 0 Å². The smallest absolute Gasteiger partial charge is 0.338 e. The molecule has 0 spiro atoms. The van der Waals surface area contributed by atoms with Crippen molar-refractivity contribution in [3.63, 3.8) is 0 Å². The molecule has 1 unspecified atom stereocenters. The average Bonchev–Trinajstić information content (AvgIpc) is 1.81. The third-order valence-electron chi connectivity index (χ3n) is 1.21. The van der Waals surface area contributed by atoms with E-state index in [1.54, 1.807) is 0 Å². The van der Waals surface area contributed by atoms with E-state index in [4.69, 9.17) is 0 Å². The molecule has 0 radical (unpaired) electrons. The Morgan fingerprint density at radius 2 is 1.33 bits per heavy atom. The predicted octanol–water partition coefficient (Wildman–Crippen LogP) is 1.09. The number of hydrogen-bond acceptors (Lipinski definition) is 1. The Hall–Kier alpha value is -0.395. The minimum absolute atomic E-state index is 0.204. The molecule has 0 aliphatic heterocycles. The molecule has 0 rings (SSSR count). The molecule has 0 aliphatic carbocycles. The standard InChI is InChI=1S/C4H5BF6O/c1-12-2(6,3(5,7)8)4(9,10)11/h5H2,1H3. The molecule has 1 nitrogen and oxygen atoms in total. The van der Waals surface area contributed by atoms with Gasteiger partial charge in [-0.1, -0.05) is 0 Å². The van der Waals surface area contributed by atoms with Crippen molar-refractivity contribution in [2.24, 2.45) is 0 Å². The van der Waals surface area contributed by atoms with Crippen molar-refractivity contribution in [3.05, 3.63) is 0 Å². The molecule has 0 aliphatic rings. The summed E-state index contributed by atoms with van der Waals surface area (Å²) in [5, 5.41) is 0. The summed E-state index contributed by atoms with van der Waals surface area (Å²) in [6.45, 7) is 0. The summed E-state index contributed by atoms with van der Waals surface area (Å²) < 4.78 is 74.5. The summed E-state index contributed by atoms with van der Waals surface area (Å²) in [5.41, 5.74) is 0. The lowest BCUT2D eigenvalue weighted by Gasteiger charge is -2.31. The molecule has 1 atom stereocenters. The lowest BCUT2D eigenvalue weighted by molar-refractivity contribution is -0.373. The summed E-state index contributed by atoms with van der Waals surface area (Å²) in [5.74, 6) is -9.54. The molecule has 0 aromatic heterocycles. The minimum atomic E-state index is -5.75. The lowest BCUT2D eigenvalue weighted by atomic mass is 9.90. The zero-order valence-electron chi connectivity index (χ0n) is 6.18. The predicted molar refractivity (Wildman–Crippen MR) is 30.4 cm³/mol. The Kier molecular flexibility index (Phi) is 2.73. The van der Waals surface area contributed by atoms with Crippen LogP contribution < -0.4 is 0 Å². The van der Waals surface area contributed by atoms with Crippen molar-refractivity contribution in [3.8, 4) is 0 Å². The highest BCUT2D eigenvalue weighted by atomic mass is 19.4. The largest absolute Gasteiger partial charge is 0.453 e. The summed E-state index contributed by atoms with van der Waals surface area (Å²) in [4.78, 5) is 0. The van der Waals surface area contributed by atoms with Crippen LogP contribution in [-0.4, -0.2) is 32.8 Å². The Bertz CT molecular complexity index is 146. The Morgan fingerprint density at radius 1 is 1.00 bits per heavy atom. The van der Waals surface area contributed by atoms with Gasteiger partial charge in [0.1, 0.15) is 0 Å². The van der Waals surface area contributed by atoms with E-state index in [1.165, 1.54) is 0 Å². The van der Waals surface area contributed by atoms with Crippen LogP contribution in [0.5, 0.6) is 0 Å². The molecule has 12 heavy (non-hydrogen) atoms. The van der Waals surface area contributed by atoms with E-state index in [1.807, 2.05) is 0 Å². The lowest BCUT2D eigenvalue weighted by Crippen LogP contribution is -2.57. The number of alkyl halides is 6. The van der Waals surface area contributed by atoms with Crippen molar-refractivity contribution in [1.29, 1.82) is 0 Å². The van der Waals surface area contributed by atoms with Crippen molar-refractivity contribution in [1.82, 2.24) is 0 Å². The van der Waals surface area contributed by atoms with Gasteiger partial charge in [0.2, 0.25) is 7.85 Å². The molecule has 0 fully saturated rings. The third-order valence-corrected chi connectivity index (χ3v) is 1.21. The fourth-order valence-electron chi connectivity index (χ4n) is 0.544. The fraction of sp³-hybridized carbons (Fsp3) is 1.00. The average molecular weight is 194 g/mol. The zero-order valence-corrected chi connectivity index (χ0v) is 6.18. The van der Waals surface area contributed by atoms with Crippen molar-refractivity contribution in [2.75, 3.05) is 7.11 Å². The topological polar surface area (TPSA) is 9.23 Å². The van der Waals surface area contributed by atoms with Gasteiger partial charge in [-0.15, -0.1) is 0 Å². The maximum Gasteiger partial charge on any atom is 0.453 e. The molecule has 0 N–H and O–H groups in total. The van der Waals surface area contributed by atoms with Crippen LogP contribution in [0.2, 0.25) is 0 Å². The Labute approximate surface area is 65.1 Å². The van der Waals surface area contributed by atoms with Gasteiger partial charge >= 0.3 is 12.0 Å². The first-order chi connectivity index (χ1) is 5.06. The number of methoxy groups -OCH3 is 1. The fourth-order valence-corrected chi connectivity index (χ4v) is 0.544. The van der Waals surface area contributed by atoms with Crippen molar-refractivity contribution < 1.29 is 31.1 Å². The third kappa shape index (κ3) is 1.68. The van der Waals surface area contributed by atoms with E-state index in [-0.39, 0.29) is 15.0 Å². The molecule has 0 heterocycles. The number of halogens is 6. The van der Waals surface area contributed by atoms with E-state index in [0.717, 1.165) is 0 Å². The van der Waals surface area contributed by atoms with E-state index in [0.29, 0.717) is 0 Å². The van der Waals surface area contributed by atoms with Crippen LogP contribution in [0.15, 0.2) is 0 Å². The molecule has 0 amide bonds. The molecule has 72 valence electrons. The van der Waals surface area contributed by atoms with Crippen LogP contribution in [-0.2, 0) is 4.74 Å². The van der Waals surface area contributed by atoms with E-state index in [2.05, 4.69) is 4.74 Å². The normalized spacial score (nSPS) is 18.9. The second kappa shape index (κ2) is 2.83. The minimum Gasteiger partial charge on any atom is -0.338 e. The van der Waals surface area contributed by atoms with E-state index in [9.17, 15) is 26.3 Å². The van der Waals surface area contributed by atoms with Crippen LogP contribution in [0.1, 0.15) is 0 Å². The summed E-state index contributed by atoms with van der Waals surface area (Å²) in [6.07, 6.45) is -5.75. The molecular formula is C4H5BF6O. The van der Waals surface area contributed by atoms with Gasteiger partial charge in [-0.25, -0.2) is 8.78 Å². The number of rotatable bonds is 2. The molecule has 0 saturated heterocycles. The maximum absolute atomic E-state index is 12.4. The second-order valence-corrected chi connectivity index (χ2v) is 2.19. The van der Waals surface area contributed by atoms with Crippen LogP contribution in [0.3, 0.4) is 0 Å². The van der Waals surface area contributed by atoms with Crippen molar-refractivity contribution in [2.45, 2.75) is 17.9 Å². The highest BCUT2D eigenvalue weighted by molar-refractivity contribution is 6.14. The maximum atomic E-state index is 12.4. The first-order valence-electron chi connectivity index (χ1n) is 2.75. The summed E-state index contributed by atoms with van der Waals surface area (Å²) in [6, 6.07) is 0. The molecule has 8 heteroatoms. The monoisotopic (exact) mass is 194 g/mol.